The van der Waals surface area contributed by atoms with Crippen molar-refractivity contribution in [3.8, 4) is 5.75 Å². The van der Waals surface area contributed by atoms with Crippen LogP contribution in [0.1, 0.15) is 44.0 Å². The number of nitrogens with zero attached hydrogens (tertiary/aromatic N) is 3. The van der Waals surface area contributed by atoms with Gasteiger partial charge in [-0.1, -0.05) is 26.0 Å². The third-order valence-electron chi connectivity index (χ3n) is 3.28. The number of aromatic nitrogens is 3. The number of hydrogen-bond donors (Lipinski definition) is 2. The van der Waals surface area contributed by atoms with Gasteiger partial charge in [0.25, 0.3) is 0 Å². The molecule has 0 spiro atoms. The number of benzene rings is 1. The molecular weight excluding hydrogens is 272 g/mol. The molecule has 0 fully saturated rings. The zero-order valence-corrected chi connectivity index (χ0v) is 12.4. The van der Waals surface area contributed by atoms with Crippen LogP contribution in [0.4, 0.5) is 0 Å². The number of rotatable bonds is 5. The van der Waals surface area contributed by atoms with Gasteiger partial charge in [0.15, 0.2) is 5.82 Å². The fourth-order valence-electron chi connectivity index (χ4n) is 2.05. The van der Waals surface area contributed by atoms with Crippen LogP contribution >= 0.6 is 12.2 Å². The number of H-pyrrole nitrogens is 1. The van der Waals surface area contributed by atoms with Gasteiger partial charge in [0.1, 0.15) is 5.75 Å². The minimum absolute atomic E-state index is 0.190. The molecule has 1 aromatic carbocycles. The highest BCUT2D eigenvalue weighted by Crippen LogP contribution is 2.21. The smallest absolute Gasteiger partial charge is 0.216 e. The van der Waals surface area contributed by atoms with E-state index in [2.05, 4.69) is 29.1 Å². The van der Waals surface area contributed by atoms with Crippen LogP contribution in [0.25, 0.3) is 0 Å². The normalized spacial score (nSPS) is 11.6. The first kappa shape index (κ1) is 14.5. The van der Waals surface area contributed by atoms with Crippen LogP contribution in [-0.4, -0.2) is 26.2 Å². The van der Waals surface area contributed by atoms with E-state index in [0.717, 1.165) is 18.7 Å². The summed E-state index contributed by atoms with van der Waals surface area (Å²) >= 11 is 5.20. The first-order valence-electron chi connectivity index (χ1n) is 6.67. The molecule has 0 saturated heterocycles. The molecule has 2 aromatic rings. The molecule has 1 aromatic heterocycles. The molecule has 0 unspecified atom stereocenters. The van der Waals surface area contributed by atoms with Gasteiger partial charge >= 0.3 is 0 Å². The number of aromatic hydroxyl groups is 1. The van der Waals surface area contributed by atoms with Crippen molar-refractivity contribution in [2.75, 3.05) is 0 Å². The summed E-state index contributed by atoms with van der Waals surface area (Å²) in [6.07, 6.45) is 3.54. The van der Waals surface area contributed by atoms with Gasteiger partial charge in [0.05, 0.1) is 6.21 Å². The highest BCUT2D eigenvalue weighted by molar-refractivity contribution is 7.71. The highest BCUT2D eigenvalue weighted by atomic mass is 32.1. The van der Waals surface area contributed by atoms with Gasteiger partial charge in [-0.25, -0.2) is 0 Å². The Kier molecular flexibility index (Phi) is 4.68. The largest absolute Gasteiger partial charge is 0.507 e. The van der Waals surface area contributed by atoms with Gasteiger partial charge < -0.3 is 5.11 Å². The molecule has 6 heteroatoms. The third-order valence-corrected chi connectivity index (χ3v) is 3.54. The molecule has 2 rings (SSSR count). The zero-order valence-electron chi connectivity index (χ0n) is 11.6. The number of phenolic OH excluding ortho intramolecular Hbond substituents is 1. The van der Waals surface area contributed by atoms with Crippen LogP contribution in [-0.2, 0) is 0 Å². The van der Waals surface area contributed by atoms with Gasteiger partial charge in [-0.15, -0.1) is 0 Å². The average Bonchev–Trinajstić information content (AvgIpc) is 2.81. The van der Waals surface area contributed by atoms with E-state index < -0.39 is 0 Å². The summed E-state index contributed by atoms with van der Waals surface area (Å²) in [5.41, 5.74) is 0.645. The van der Waals surface area contributed by atoms with Crippen molar-refractivity contribution < 1.29 is 5.11 Å². The Morgan fingerprint density at radius 3 is 2.75 bits per heavy atom. The number of phenols is 1. The molecule has 2 N–H and O–H groups in total. The van der Waals surface area contributed by atoms with Crippen molar-refractivity contribution in [2.24, 2.45) is 5.10 Å². The molecule has 0 saturated carbocycles. The minimum Gasteiger partial charge on any atom is -0.507 e. The minimum atomic E-state index is 0.190. The van der Waals surface area contributed by atoms with Gasteiger partial charge in [-0.2, -0.15) is 14.9 Å². The van der Waals surface area contributed by atoms with Crippen LogP contribution in [0, 0.1) is 4.77 Å². The molecule has 0 atom stereocenters. The third kappa shape index (κ3) is 2.96. The van der Waals surface area contributed by atoms with Gasteiger partial charge in [0.2, 0.25) is 4.77 Å². The van der Waals surface area contributed by atoms with E-state index in [1.807, 2.05) is 6.07 Å². The Labute approximate surface area is 123 Å². The van der Waals surface area contributed by atoms with Gasteiger partial charge in [-0.3, -0.25) is 5.10 Å². The zero-order chi connectivity index (χ0) is 14.5. The maximum absolute atomic E-state index is 9.73. The SMILES string of the molecule is CCC(CC)c1n[nH]c(=S)n1/N=C\c1ccccc1O. The average molecular weight is 290 g/mol. The van der Waals surface area contributed by atoms with Gasteiger partial charge in [0, 0.05) is 11.5 Å². The summed E-state index contributed by atoms with van der Waals surface area (Å²) in [6, 6.07) is 7.03. The highest BCUT2D eigenvalue weighted by Gasteiger charge is 2.14. The Morgan fingerprint density at radius 1 is 1.40 bits per heavy atom. The first-order valence-corrected chi connectivity index (χ1v) is 7.07. The van der Waals surface area contributed by atoms with Crippen molar-refractivity contribution in [3.63, 3.8) is 0 Å². The number of aromatic amines is 1. The summed E-state index contributed by atoms with van der Waals surface area (Å²) in [7, 11) is 0. The summed E-state index contributed by atoms with van der Waals surface area (Å²) in [5, 5.41) is 21.1. The van der Waals surface area contributed by atoms with Crippen LogP contribution in [0.5, 0.6) is 5.75 Å². The molecule has 106 valence electrons. The molecule has 0 amide bonds. The Balaban J connectivity index is 2.37. The molecule has 1 heterocycles. The van der Waals surface area contributed by atoms with Crippen molar-refractivity contribution in [1.29, 1.82) is 0 Å². The molecule has 0 radical (unpaired) electrons. The summed E-state index contributed by atoms with van der Waals surface area (Å²) in [5.74, 6) is 1.33. The number of para-hydroxylation sites is 1. The van der Waals surface area contributed by atoms with E-state index in [1.54, 1.807) is 29.1 Å². The van der Waals surface area contributed by atoms with E-state index in [9.17, 15) is 5.11 Å². The standard InChI is InChI=1S/C14H18N4OS/c1-3-10(4-2)13-16-17-14(20)18(13)15-9-11-7-5-6-8-12(11)19/h5-10,19H,3-4H2,1-2H3,(H,17,20)/b15-9-. The first-order chi connectivity index (χ1) is 9.67. The summed E-state index contributed by atoms with van der Waals surface area (Å²) in [4.78, 5) is 0. The Morgan fingerprint density at radius 2 is 2.10 bits per heavy atom. The van der Waals surface area contributed by atoms with Crippen molar-refractivity contribution in [1.82, 2.24) is 14.9 Å². The van der Waals surface area contributed by atoms with Crippen LogP contribution in [0.15, 0.2) is 29.4 Å². The number of nitrogens with one attached hydrogen (secondary N) is 1. The topological polar surface area (TPSA) is 66.2 Å². The van der Waals surface area contributed by atoms with E-state index in [-0.39, 0.29) is 5.75 Å². The fraction of sp³-hybridized carbons (Fsp3) is 0.357. The summed E-state index contributed by atoms with van der Waals surface area (Å²) < 4.78 is 2.08. The molecular formula is C14H18N4OS. The molecule has 20 heavy (non-hydrogen) atoms. The quantitative estimate of drug-likeness (QED) is 0.655. The second-order valence-corrected chi connectivity index (χ2v) is 4.90. The van der Waals surface area contributed by atoms with Crippen LogP contribution < -0.4 is 0 Å². The second-order valence-electron chi connectivity index (χ2n) is 4.52. The predicted molar refractivity (Wildman–Crippen MR) is 81.8 cm³/mol. The molecule has 5 nitrogen and oxygen atoms in total. The fourth-order valence-corrected chi connectivity index (χ4v) is 2.24. The van der Waals surface area contributed by atoms with Crippen molar-refractivity contribution >= 4 is 18.4 Å². The van der Waals surface area contributed by atoms with Crippen molar-refractivity contribution in [3.05, 3.63) is 40.4 Å². The molecule has 0 aliphatic rings. The van der Waals surface area contributed by atoms with E-state index in [1.165, 1.54) is 0 Å². The number of hydrogen-bond acceptors (Lipinski definition) is 4. The predicted octanol–water partition coefficient (Wildman–Crippen LogP) is 3.43. The summed E-state index contributed by atoms with van der Waals surface area (Å²) in [6.45, 7) is 4.23. The Bertz CT molecular complexity index is 655. The molecule has 0 aliphatic heterocycles. The lowest BCUT2D eigenvalue weighted by molar-refractivity contribution is 0.474. The maximum atomic E-state index is 9.73. The Hall–Kier alpha value is -1.95. The van der Waals surface area contributed by atoms with Crippen molar-refractivity contribution in [2.45, 2.75) is 32.6 Å². The monoisotopic (exact) mass is 290 g/mol. The van der Waals surface area contributed by atoms with Gasteiger partial charge in [-0.05, 0) is 37.2 Å². The lowest BCUT2D eigenvalue weighted by Gasteiger charge is -2.10. The van der Waals surface area contributed by atoms with Crippen LogP contribution in [0.2, 0.25) is 0 Å². The molecule has 0 aliphatic carbocycles. The maximum Gasteiger partial charge on any atom is 0.216 e. The lowest BCUT2D eigenvalue weighted by atomic mass is 10.0. The van der Waals surface area contributed by atoms with E-state index in [4.69, 9.17) is 12.2 Å². The van der Waals surface area contributed by atoms with Crippen LogP contribution in [0.3, 0.4) is 0 Å². The lowest BCUT2D eigenvalue weighted by Crippen LogP contribution is -2.05. The second kappa shape index (κ2) is 6.47. The van der Waals surface area contributed by atoms with E-state index in [0.29, 0.717) is 16.3 Å². The molecule has 0 bridgehead atoms. The van der Waals surface area contributed by atoms with E-state index >= 15 is 0 Å².